The highest BCUT2D eigenvalue weighted by Crippen LogP contribution is 2.27. The summed E-state index contributed by atoms with van der Waals surface area (Å²) in [6, 6.07) is 17.6. The molecule has 2 aromatic rings. The molecule has 0 saturated carbocycles. The van der Waals surface area contributed by atoms with Crippen LogP contribution in [0.2, 0.25) is 0 Å². The van der Waals surface area contributed by atoms with Crippen LogP contribution in [0.4, 0.5) is 5.69 Å². The molecule has 5 nitrogen and oxygen atoms in total. The summed E-state index contributed by atoms with van der Waals surface area (Å²) < 4.78 is 0. The van der Waals surface area contributed by atoms with Crippen LogP contribution in [0.25, 0.3) is 0 Å². The van der Waals surface area contributed by atoms with Crippen LogP contribution in [0.3, 0.4) is 0 Å². The van der Waals surface area contributed by atoms with Crippen LogP contribution < -0.4 is 4.90 Å². The second-order valence-electron chi connectivity index (χ2n) is 9.33. The molecule has 0 N–H and O–H groups in total. The topological polar surface area (TPSA) is 30.0 Å². The van der Waals surface area contributed by atoms with E-state index in [0.29, 0.717) is 6.04 Å². The van der Waals surface area contributed by atoms with Crippen LogP contribution in [0, 0.1) is 0 Å². The first-order valence-electron chi connectivity index (χ1n) is 11.8. The van der Waals surface area contributed by atoms with E-state index in [1.165, 1.54) is 49.4 Å². The molecule has 2 aliphatic heterocycles. The smallest absolute Gasteiger partial charge is 0.253 e. The molecule has 3 aliphatic rings. The van der Waals surface area contributed by atoms with E-state index in [1.807, 2.05) is 11.0 Å². The van der Waals surface area contributed by atoms with Gasteiger partial charge in [0.2, 0.25) is 0 Å². The van der Waals surface area contributed by atoms with E-state index in [4.69, 9.17) is 0 Å². The second-order valence-corrected chi connectivity index (χ2v) is 9.33. The molecule has 2 heterocycles. The molecule has 0 spiro atoms. The summed E-state index contributed by atoms with van der Waals surface area (Å²) >= 11 is 0. The van der Waals surface area contributed by atoms with Crippen molar-refractivity contribution in [2.45, 2.75) is 25.3 Å². The lowest BCUT2D eigenvalue weighted by molar-refractivity contribution is 0.0746. The molecule has 1 unspecified atom stereocenters. The first kappa shape index (κ1) is 20.5. The van der Waals surface area contributed by atoms with Crippen LogP contribution >= 0.6 is 0 Å². The number of piperazine rings is 2. The molecule has 5 rings (SSSR count). The Morgan fingerprint density at radius 2 is 1.58 bits per heavy atom. The number of likely N-dealkylation sites (N-methyl/N-ethyl adjacent to an activating group) is 1. The molecule has 0 aromatic heterocycles. The summed E-state index contributed by atoms with van der Waals surface area (Å²) in [6.07, 6.45) is 3.43. The number of rotatable bonds is 3. The van der Waals surface area contributed by atoms with Crippen LogP contribution in [0.5, 0.6) is 0 Å². The van der Waals surface area contributed by atoms with Crippen LogP contribution in [0.15, 0.2) is 48.5 Å². The van der Waals surface area contributed by atoms with E-state index in [-0.39, 0.29) is 5.91 Å². The Labute approximate surface area is 186 Å². The first-order chi connectivity index (χ1) is 15.2. The number of nitrogens with zero attached hydrogens (tertiary/aromatic N) is 4. The van der Waals surface area contributed by atoms with E-state index < -0.39 is 0 Å². The van der Waals surface area contributed by atoms with E-state index >= 15 is 0 Å². The Hall–Kier alpha value is -2.37. The molecular weight excluding hydrogens is 384 g/mol. The molecule has 2 saturated heterocycles. The van der Waals surface area contributed by atoms with Crippen molar-refractivity contribution in [3.05, 3.63) is 65.2 Å². The van der Waals surface area contributed by atoms with Gasteiger partial charge in [-0.15, -0.1) is 0 Å². The minimum atomic E-state index is 0.191. The largest absolute Gasteiger partial charge is 0.368 e. The fraction of sp³-hybridized carbons (Fsp3) is 0.500. The maximum absolute atomic E-state index is 13.2. The predicted octanol–water partition coefficient (Wildman–Crippen LogP) is 2.75. The number of benzene rings is 2. The number of hydrogen-bond donors (Lipinski definition) is 0. The quantitative estimate of drug-likeness (QED) is 0.767. The summed E-state index contributed by atoms with van der Waals surface area (Å²) in [5.74, 6) is 0.191. The summed E-state index contributed by atoms with van der Waals surface area (Å²) in [5, 5.41) is 0. The van der Waals surface area contributed by atoms with Crippen molar-refractivity contribution in [3.63, 3.8) is 0 Å². The molecule has 1 aliphatic carbocycles. The van der Waals surface area contributed by atoms with Gasteiger partial charge < -0.3 is 14.7 Å². The van der Waals surface area contributed by atoms with Gasteiger partial charge in [0.05, 0.1) is 0 Å². The van der Waals surface area contributed by atoms with Gasteiger partial charge in [0, 0.05) is 69.7 Å². The van der Waals surface area contributed by atoms with E-state index in [0.717, 1.165) is 44.6 Å². The van der Waals surface area contributed by atoms with Gasteiger partial charge in [0.25, 0.3) is 5.91 Å². The summed E-state index contributed by atoms with van der Waals surface area (Å²) in [5.41, 5.74) is 4.95. The number of para-hydroxylation sites is 1. The van der Waals surface area contributed by atoms with Crippen LogP contribution in [0.1, 0.15) is 27.9 Å². The molecule has 2 fully saturated rings. The number of hydrogen-bond acceptors (Lipinski definition) is 4. The highest BCUT2D eigenvalue weighted by Gasteiger charge is 2.28. The van der Waals surface area contributed by atoms with Crippen molar-refractivity contribution in [1.29, 1.82) is 0 Å². The third kappa shape index (κ3) is 4.48. The standard InChI is InChI=1S/C26H34N4O/c1-27-11-13-29(14-12-27)25-10-9-21-19-23(8-7-22(21)20-25)26(31)30-17-15-28(16-18-30)24-5-3-2-4-6-24/h2-8,19,25H,9-18,20H2,1H3. The van der Waals surface area contributed by atoms with Crippen molar-refractivity contribution in [2.75, 3.05) is 64.3 Å². The van der Waals surface area contributed by atoms with E-state index in [9.17, 15) is 4.79 Å². The van der Waals surface area contributed by atoms with Crippen molar-refractivity contribution in [3.8, 4) is 0 Å². The Bertz CT molecular complexity index is 899. The normalized spacial score (nSPS) is 22.9. The zero-order valence-electron chi connectivity index (χ0n) is 18.7. The lowest BCUT2D eigenvalue weighted by Crippen LogP contribution is -2.50. The number of aryl methyl sites for hydroxylation is 1. The SMILES string of the molecule is CN1CCN(C2CCc3cc(C(=O)N4CCN(c5ccccc5)CC4)ccc3C2)CC1. The fourth-order valence-corrected chi connectivity index (χ4v) is 5.36. The molecule has 5 heteroatoms. The average molecular weight is 419 g/mol. The van der Waals surface area contributed by atoms with Crippen LogP contribution in [-0.4, -0.2) is 86.1 Å². The highest BCUT2D eigenvalue weighted by atomic mass is 16.2. The number of carbonyl (C=O) groups excluding carboxylic acids is 1. The Morgan fingerprint density at radius 1 is 0.839 bits per heavy atom. The van der Waals surface area contributed by atoms with Crippen molar-refractivity contribution >= 4 is 11.6 Å². The van der Waals surface area contributed by atoms with E-state index in [1.54, 1.807) is 0 Å². The van der Waals surface area contributed by atoms with Crippen molar-refractivity contribution in [2.24, 2.45) is 0 Å². The number of fused-ring (bicyclic) bond motifs is 1. The Morgan fingerprint density at radius 3 is 2.32 bits per heavy atom. The summed E-state index contributed by atoms with van der Waals surface area (Å²) in [6.45, 7) is 8.08. The van der Waals surface area contributed by atoms with Gasteiger partial charge in [0.15, 0.2) is 0 Å². The molecule has 31 heavy (non-hydrogen) atoms. The maximum atomic E-state index is 13.2. The molecule has 1 amide bonds. The third-order valence-electron chi connectivity index (χ3n) is 7.40. The minimum Gasteiger partial charge on any atom is -0.368 e. The first-order valence-corrected chi connectivity index (χ1v) is 11.8. The Kier molecular flexibility index (Phi) is 5.97. The zero-order valence-corrected chi connectivity index (χ0v) is 18.7. The Balaban J connectivity index is 1.20. The lowest BCUT2D eigenvalue weighted by Gasteiger charge is -2.40. The number of carbonyl (C=O) groups is 1. The summed E-state index contributed by atoms with van der Waals surface area (Å²) in [7, 11) is 2.22. The zero-order chi connectivity index (χ0) is 21.2. The minimum absolute atomic E-state index is 0.191. The van der Waals surface area contributed by atoms with E-state index in [2.05, 4.69) is 64.2 Å². The van der Waals surface area contributed by atoms with Gasteiger partial charge in [0.1, 0.15) is 0 Å². The van der Waals surface area contributed by atoms with Gasteiger partial charge in [-0.05, 0) is 61.7 Å². The fourth-order valence-electron chi connectivity index (χ4n) is 5.36. The monoisotopic (exact) mass is 418 g/mol. The molecule has 164 valence electrons. The predicted molar refractivity (Wildman–Crippen MR) is 126 cm³/mol. The van der Waals surface area contributed by atoms with Gasteiger partial charge in [-0.25, -0.2) is 0 Å². The van der Waals surface area contributed by atoms with Crippen LogP contribution in [-0.2, 0) is 12.8 Å². The van der Waals surface area contributed by atoms with Gasteiger partial charge in [-0.2, -0.15) is 0 Å². The average Bonchev–Trinajstić information content (AvgIpc) is 2.84. The van der Waals surface area contributed by atoms with Gasteiger partial charge >= 0.3 is 0 Å². The molecule has 0 radical (unpaired) electrons. The number of anilines is 1. The lowest BCUT2D eigenvalue weighted by atomic mass is 9.86. The molecule has 0 bridgehead atoms. The highest BCUT2D eigenvalue weighted by molar-refractivity contribution is 5.94. The third-order valence-corrected chi connectivity index (χ3v) is 7.40. The van der Waals surface area contributed by atoms with Gasteiger partial charge in [-0.3, -0.25) is 9.69 Å². The molecule has 2 aromatic carbocycles. The summed E-state index contributed by atoms with van der Waals surface area (Å²) in [4.78, 5) is 22.7. The number of amides is 1. The van der Waals surface area contributed by atoms with Gasteiger partial charge in [-0.1, -0.05) is 24.3 Å². The molecular formula is C26H34N4O. The maximum Gasteiger partial charge on any atom is 0.253 e. The van der Waals surface area contributed by atoms with Crippen molar-refractivity contribution in [1.82, 2.24) is 14.7 Å². The van der Waals surface area contributed by atoms with Crippen molar-refractivity contribution < 1.29 is 4.79 Å². The second kappa shape index (κ2) is 9.01. The molecule has 1 atom stereocenters.